The van der Waals surface area contributed by atoms with E-state index in [0.717, 1.165) is 40.1 Å². The van der Waals surface area contributed by atoms with Crippen molar-refractivity contribution in [3.8, 4) is 17.2 Å². The third-order valence-corrected chi connectivity index (χ3v) is 5.94. The van der Waals surface area contributed by atoms with Crippen molar-refractivity contribution in [3.63, 3.8) is 0 Å². The maximum atomic E-state index is 11.7. The molecule has 2 heterocycles. The summed E-state index contributed by atoms with van der Waals surface area (Å²) in [6, 6.07) is 11.8. The molecule has 0 radical (unpaired) electrons. The first-order valence-electron chi connectivity index (χ1n) is 9.85. The van der Waals surface area contributed by atoms with E-state index in [-0.39, 0.29) is 18.8 Å². The molecule has 1 saturated heterocycles. The Bertz CT molecular complexity index is 903. The predicted molar refractivity (Wildman–Crippen MR) is 112 cm³/mol. The first-order chi connectivity index (χ1) is 14.1. The van der Waals surface area contributed by atoms with Gasteiger partial charge in [0.15, 0.2) is 11.5 Å². The summed E-state index contributed by atoms with van der Waals surface area (Å²) in [5, 5.41) is 9.59. The van der Waals surface area contributed by atoms with Crippen LogP contribution in [0, 0.1) is 5.92 Å². The molecule has 0 aliphatic carbocycles. The van der Waals surface area contributed by atoms with Crippen LogP contribution in [0.25, 0.3) is 0 Å². The van der Waals surface area contributed by atoms with E-state index in [0.29, 0.717) is 25.3 Å². The molecule has 0 amide bonds. The molecule has 4 rings (SSSR count). The number of carbonyl (C=O) groups is 1. The van der Waals surface area contributed by atoms with Gasteiger partial charge in [-0.15, -0.1) is 0 Å². The Kier molecular flexibility index (Phi) is 5.96. The number of carboxylic acids is 1. The van der Waals surface area contributed by atoms with Gasteiger partial charge in [0.1, 0.15) is 5.75 Å². The number of fused-ring (bicyclic) bond motifs is 1. The first-order valence-corrected chi connectivity index (χ1v) is 10.6. The first kappa shape index (κ1) is 20.0. The molecule has 1 N–H and O–H groups in total. The van der Waals surface area contributed by atoms with E-state index in [9.17, 15) is 9.90 Å². The molecule has 1 fully saturated rings. The number of carboxylic acid groups (broad SMARTS) is 1. The highest BCUT2D eigenvalue weighted by molar-refractivity contribution is 9.10. The Hall–Kier alpha value is -2.25. The minimum Gasteiger partial charge on any atom is -0.494 e. The molecule has 6 nitrogen and oxygen atoms in total. The maximum absolute atomic E-state index is 11.7. The summed E-state index contributed by atoms with van der Waals surface area (Å²) < 4.78 is 18.0. The predicted octanol–water partition coefficient (Wildman–Crippen LogP) is 4.46. The number of hydrogen-bond donors (Lipinski definition) is 1. The largest absolute Gasteiger partial charge is 0.494 e. The van der Waals surface area contributed by atoms with Crippen LogP contribution in [0.4, 0.5) is 0 Å². The van der Waals surface area contributed by atoms with Crippen molar-refractivity contribution < 1.29 is 24.1 Å². The van der Waals surface area contributed by atoms with Gasteiger partial charge in [-0.1, -0.05) is 22.0 Å². The second-order valence-electron chi connectivity index (χ2n) is 7.30. The van der Waals surface area contributed by atoms with Crippen molar-refractivity contribution in [1.29, 1.82) is 0 Å². The monoisotopic (exact) mass is 461 g/mol. The van der Waals surface area contributed by atoms with Crippen molar-refractivity contribution in [2.24, 2.45) is 5.92 Å². The molecular weight excluding hydrogens is 438 g/mol. The lowest BCUT2D eigenvalue weighted by molar-refractivity contribution is -0.143. The van der Waals surface area contributed by atoms with Gasteiger partial charge in [-0.05, 0) is 62.2 Å². The van der Waals surface area contributed by atoms with Crippen LogP contribution in [0.3, 0.4) is 0 Å². The smallest absolute Gasteiger partial charge is 0.307 e. The van der Waals surface area contributed by atoms with Crippen molar-refractivity contribution in [3.05, 3.63) is 52.0 Å². The van der Waals surface area contributed by atoms with Crippen LogP contribution >= 0.6 is 15.9 Å². The summed E-state index contributed by atoms with van der Waals surface area (Å²) in [6.45, 7) is 4.05. The topological polar surface area (TPSA) is 68.2 Å². The average molecular weight is 462 g/mol. The SMILES string of the molecule is CCOc1ccc(Br)cc1C(c1ccc2c(c1)OCO2)N1CCCC(C(=O)O)C1. The number of likely N-dealkylation sites (tertiary alicyclic amines) is 1. The second kappa shape index (κ2) is 8.63. The third-order valence-electron chi connectivity index (χ3n) is 5.45. The van der Waals surface area contributed by atoms with Crippen molar-refractivity contribution in [2.75, 3.05) is 26.5 Å². The number of piperidine rings is 1. The zero-order chi connectivity index (χ0) is 20.4. The minimum atomic E-state index is -0.738. The van der Waals surface area contributed by atoms with Gasteiger partial charge >= 0.3 is 5.97 Å². The van der Waals surface area contributed by atoms with E-state index >= 15 is 0 Å². The fourth-order valence-electron chi connectivity index (χ4n) is 4.13. The zero-order valence-corrected chi connectivity index (χ0v) is 17.9. The Balaban J connectivity index is 1.79. The van der Waals surface area contributed by atoms with E-state index in [4.69, 9.17) is 14.2 Å². The number of rotatable bonds is 6. The lowest BCUT2D eigenvalue weighted by Gasteiger charge is -2.38. The summed E-state index contributed by atoms with van der Waals surface area (Å²) in [4.78, 5) is 13.9. The number of nitrogens with zero attached hydrogens (tertiary/aromatic N) is 1. The highest BCUT2D eigenvalue weighted by atomic mass is 79.9. The lowest BCUT2D eigenvalue weighted by atomic mass is 9.91. The third kappa shape index (κ3) is 4.21. The Morgan fingerprint density at radius 3 is 2.90 bits per heavy atom. The van der Waals surface area contributed by atoms with E-state index in [1.54, 1.807) is 0 Å². The molecule has 2 aliphatic heterocycles. The average Bonchev–Trinajstić information content (AvgIpc) is 3.18. The van der Waals surface area contributed by atoms with E-state index in [1.165, 1.54) is 0 Å². The molecule has 2 atom stereocenters. The number of benzene rings is 2. The summed E-state index contributed by atoms with van der Waals surface area (Å²) in [5.74, 6) is 1.14. The van der Waals surface area contributed by atoms with Crippen LogP contribution in [0.5, 0.6) is 17.2 Å². The zero-order valence-electron chi connectivity index (χ0n) is 16.3. The summed E-state index contributed by atoms with van der Waals surface area (Å²) in [7, 11) is 0. The fourth-order valence-corrected chi connectivity index (χ4v) is 4.51. The van der Waals surface area contributed by atoms with E-state index < -0.39 is 5.97 Å². The van der Waals surface area contributed by atoms with Crippen LogP contribution in [0.1, 0.15) is 36.9 Å². The molecule has 0 bridgehead atoms. The molecule has 2 aromatic rings. The summed E-state index contributed by atoms with van der Waals surface area (Å²) in [5.41, 5.74) is 2.03. The molecule has 2 unspecified atom stereocenters. The van der Waals surface area contributed by atoms with Crippen molar-refractivity contribution in [2.45, 2.75) is 25.8 Å². The van der Waals surface area contributed by atoms with Crippen LogP contribution in [-0.4, -0.2) is 42.5 Å². The van der Waals surface area contributed by atoms with Crippen molar-refractivity contribution >= 4 is 21.9 Å². The maximum Gasteiger partial charge on any atom is 0.307 e. The molecule has 154 valence electrons. The van der Waals surface area contributed by atoms with Gasteiger partial charge in [0.2, 0.25) is 6.79 Å². The fraction of sp³-hybridized carbons (Fsp3) is 0.409. The standard InChI is InChI=1S/C22H24BrNO5/c1-2-27-18-8-6-16(23)11-17(18)21(24-9-3-4-15(12-24)22(25)26)14-5-7-19-20(10-14)29-13-28-19/h5-8,10-11,15,21H,2-4,9,12-13H2,1H3,(H,25,26). The molecule has 29 heavy (non-hydrogen) atoms. The highest BCUT2D eigenvalue weighted by Crippen LogP contribution is 2.42. The summed E-state index contributed by atoms with van der Waals surface area (Å²) in [6.07, 6.45) is 1.55. The van der Waals surface area contributed by atoms with Crippen molar-refractivity contribution in [1.82, 2.24) is 4.90 Å². The van der Waals surface area contributed by atoms with Gasteiger partial charge in [0.05, 0.1) is 18.6 Å². The van der Waals surface area contributed by atoms with Gasteiger partial charge in [-0.2, -0.15) is 0 Å². The lowest BCUT2D eigenvalue weighted by Crippen LogP contribution is -2.41. The van der Waals surface area contributed by atoms with Gasteiger partial charge in [-0.25, -0.2) is 0 Å². The van der Waals surface area contributed by atoms with E-state index in [2.05, 4.69) is 26.9 Å². The normalized spacial score (nSPS) is 19.7. The second-order valence-corrected chi connectivity index (χ2v) is 8.22. The highest BCUT2D eigenvalue weighted by Gasteiger charge is 2.33. The van der Waals surface area contributed by atoms with Crippen LogP contribution < -0.4 is 14.2 Å². The Labute approximate surface area is 178 Å². The summed E-state index contributed by atoms with van der Waals surface area (Å²) >= 11 is 3.58. The quantitative estimate of drug-likeness (QED) is 0.684. The number of halogens is 1. The molecule has 7 heteroatoms. The molecular formula is C22H24BrNO5. The molecule has 0 saturated carbocycles. The van der Waals surface area contributed by atoms with Crippen LogP contribution in [0.2, 0.25) is 0 Å². The number of aliphatic carboxylic acids is 1. The Morgan fingerprint density at radius 1 is 1.28 bits per heavy atom. The van der Waals surface area contributed by atoms with Gasteiger partial charge in [-0.3, -0.25) is 9.69 Å². The minimum absolute atomic E-state index is 0.148. The molecule has 2 aromatic carbocycles. The van der Waals surface area contributed by atoms with Gasteiger partial charge in [0, 0.05) is 16.6 Å². The number of hydrogen-bond acceptors (Lipinski definition) is 5. The number of ether oxygens (including phenoxy) is 3. The van der Waals surface area contributed by atoms with E-state index in [1.807, 2.05) is 37.3 Å². The Morgan fingerprint density at radius 2 is 2.10 bits per heavy atom. The van der Waals surface area contributed by atoms with Crippen LogP contribution in [-0.2, 0) is 4.79 Å². The van der Waals surface area contributed by atoms with Gasteiger partial charge < -0.3 is 19.3 Å². The van der Waals surface area contributed by atoms with Gasteiger partial charge in [0.25, 0.3) is 0 Å². The van der Waals surface area contributed by atoms with Crippen LogP contribution in [0.15, 0.2) is 40.9 Å². The molecule has 0 spiro atoms. The molecule has 0 aromatic heterocycles. The molecule has 2 aliphatic rings.